The Kier molecular flexibility index (Phi) is 9.42. The topological polar surface area (TPSA) is 116 Å². The minimum Gasteiger partial charge on any atom is -0.469 e. The van der Waals surface area contributed by atoms with E-state index >= 15 is 0 Å². The van der Waals surface area contributed by atoms with Crippen molar-refractivity contribution in [3.8, 4) is 22.4 Å². The number of hydrogen-bond donors (Lipinski definition) is 0. The van der Waals surface area contributed by atoms with Crippen LogP contribution in [-0.2, 0) is 24.6 Å². The van der Waals surface area contributed by atoms with Crippen LogP contribution in [0.3, 0.4) is 0 Å². The number of aromatic nitrogens is 1. The summed E-state index contributed by atoms with van der Waals surface area (Å²) in [5, 5.41) is 0.854. The highest BCUT2D eigenvalue weighted by molar-refractivity contribution is 7.18. The number of anilines is 1. The third-order valence-electron chi connectivity index (χ3n) is 10.2. The molecule has 2 atom stereocenters. The summed E-state index contributed by atoms with van der Waals surface area (Å²) in [4.78, 5) is 63.2. The molecule has 1 aliphatic heterocycles. The Morgan fingerprint density at radius 3 is 1.87 bits per heavy atom. The highest BCUT2D eigenvalue weighted by atomic mass is 32.1. The van der Waals surface area contributed by atoms with Gasteiger partial charge < -0.3 is 18.8 Å². The highest BCUT2D eigenvalue weighted by Crippen LogP contribution is 2.55. The summed E-state index contributed by atoms with van der Waals surface area (Å²) in [6.07, 6.45) is 0.0291. The number of fused-ring (bicyclic) bond motifs is 1. The number of para-hydroxylation sites is 1. The Labute approximate surface area is 320 Å². The molecule has 9 nitrogen and oxygen atoms in total. The van der Waals surface area contributed by atoms with Crippen LogP contribution < -0.4 is 10.5 Å². The van der Waals surface area contributed by atoms with Crippen molar-refractivity contribution in [1.82, 2.24) is 4.98 Å². The maximum absolute atomic E-state index is 14.7. The van der Waals surface area contributed by atoms with Gasteiger partial charge >= 0.3 is 17.6 Å². The van der Waals surface area contributed by atoms with E-state index in [1.54, 1.807) is 29.2 Å². The molecular weight excluding hydrogens is 713 g/mol. The molecule has 272 valence electrons. The van der Waals surface area contributed by atoms with Gasteiger partial charge in [-0.05, 0) is 40.8 Å². The first kappa shape index (κ1) is 35.4. The van der Waals surface area contributed by atoms with Crippen LogP contribution in [0.2, 0.25) is 0 Å². The van der Waals surface area contributed by atoms with Gasteiger partial charge in [-0.3, -0.25) is 9.59 Å². The standard InChI is InChI=1S/C45H34N2O7S/c1-52-42(50)35-27-36(43(51)53-2)47(45(35,32-17-8-4-9-18-32)33-19-10-5-11-20-33)44-46-38(30-24-22-29(23-25-30)28-14-6-3-7-15-28)40(55-44)39(48)34-26-31-16-12-13-21-37(31)54-41(34)49/h3-26,35-36H,27H2,1-2H3/t35-,36+/m0/s1. The molecule has 0 spiro atoms. The van der Waals surface area contributed by atoms with Crippen molar-refractivity contribution in [3.63, 3.8) is 0 Å². The summed E-state index contributed by atoms with van der Waals surface area (Å²) in [6, 6.07) is 43.8. The Bertz CT molecular complexity index is 2550. The average molecular weight is 747 g/mol. The van der Waals surface area contributed by atoms with E-state index < -0.39 is 40.8 Å². The van der Waals surface area contributed by atoms with Gasteiger partial charge in [0.05, 0.1) is 25.8 Å². The molecule has 0 aliphatic carbocycles. The SMILES string of the molecule is COC(=O)[C@H]1C[C@@H](C(=O)OC)C(c2ccccc2)(c2ccccc2)N1c1nc(-c2ccc(-c3ccccc3)cc2)c(C(=O)c2cc3ccccc3oc2=O)s1. The zero-order valence-electron chi connectivity index (χ0n) is 29.9. The molecule has 0 bridgehead atoms. The summed E-state index contributed by atoms with van der Waals surface area (Å²) < 4.78 is 16.4. The van der Waals surface area contributed by atoms with Crippen molar-refractivity contribution < 1.29 is 28.3 Å². The number of ether oxygens (including phenoxy) is 2. The van der Waals surface area contributed by atoms with Crippen LogP contribution in [0, 0.1) is 5.92 Å². The summed E-state index contributed by atoms with van der Waals surface area (Å²) in [6.45, 7) is 0. The monoisotopic (exact) mass is 746 g/mol. The third-order valence-corrected chi connectivity index (χ3v) is 11.3. The minimum atomic E-state index is -1.34. The predicted molar refractivity (Wildman–Crippen MR) is 211 cm³/mol. The second-order valence-electron chi connectivity index (χ2n) is 13.2. The van der Waals surface area contributed by atoms with Crippen molar-refractivity contribution in [2.45, 2.75) is 18.0 Å². The van der Waals surface area contributed by atoms with Crippen molar-refractivity contribution in [2.75, 3.05) is 19.1 Å². The molecule has 3 heterocycles. The number of carbonyl (C=O) groups excluding carboxylic acids is 3. The third kappa shape index (κ3) is 6.10. The largest absolute Gasteiger partial charge is 0.469 e. The molecule has 0 N–H and O–H groups in total. The maximum Gasteiger partial charge on any atom is 0.347 e. The number of rotatable bonds is 9. The minimum absolute atomic E-state index is 0.0291. The zero-order valence-corrected chi connectivity index (χ0v) is 30.7. The lowest BCUT2D eigenvalue weighted by atomic mass is 9.73. The van der Waals surface area contributed by atoms with Gasteiger partial charge in [0, 0.05) is 10.9 Å². The van der Waals surface area contributed by atoms with Gasteiger partial charge in [-0.1, -0.05) is 145 Å². The number of nitrogens with zero attached hydrogens (tertiary/aromatic N) is 2. The number of esters is 2. The molecule has 5 aromatic carbocycles. The summed E-state index contributed by atoms with van der Waals surface area (Å²) in [7, 11) is 2.62. The molecule has 1 saturated heterocycles. The van der Waals surface area contributed by atoms with Crippen LogP contribution in [0.5, 0.6) is 0 Å². The molecule has 8 rings (SSSR count). The van der Waals surface area contributed by atoms with Crippen LogP contribution in [0.15, 0.2) is 155 Å². The Morgan fingerprint density at radius 1 is 0.709 bits per heavy atom. The number of methoxy groups -OCH3 is 2. The molecule has 0 radical (unpaired) electrons. The number of thiazole rings is 1. The molecule has 0 unspecified atom stereocenters. The van der Waals surface area contributed by atoms with Crippen LogP contribution in [-0.4, -0.2) is 43.0 Å². The quantitative estimate of drug-likeness (QED) is 0.0817. The average Bonchev–Trinajstić information content (AvgIpc) is 3.85. The molecular formula is C45H34N2O7S. The van der Waals surface area contributed by atoms with Crippen molar-refractivity contribution >= 4 is 45.2 Å². The number of hydrogen-bond acceptors (Lipinski definition) is 10. The summed E-state index contributed by atoms with van der Waals surface area (Å²) in [5.74, 6) is -2.61. The first-order valence-corrected chi connectivity index (χ1v) is 18.5. The molecule has 55 heavy (non-hydrogen) atoms. The van der Waals surface area contributed by atoms with E-state index in [4.69, 9.17) is 18.9 Å². The smallest absolute Gasteiger partial charge is 0.347 e. The summed E-state index contributed by atoms with van der Waals surface area (Å²) >= 11 is 1.04. The van der Waals surface area contributed by atoms with Gasteiger partial charge in [0.15, 0.2) is 5.13 Å². The Hall–Kier alpha value is -6.65. The second-order valence-corrected chi connectivity index (χ2v) is 14.1. The molecule has 7 aromatic rings. The first-order chi connectivity index (χ1) is 26.8. The Morgan fingerprint density at radius 2 is 1.25 bits per heavy atom. The normalized spacial score (nSPS) is 16.1. The zero-order chi connectivity index (χ0) is 38.1. The van der Waals surface area contributed by atoms with Crippen LogP contribution in [0.1, 0.15) is 32.8 Å². The number of ketones is 1. The van der Waals surface area contributed by atoms with Gasteiger partial charge in [0.2, 0.25) is 5.78 Å². The highest BCUT2D eigenvalue weighted by Gasteiger charge is 2.62. The van der Waals surface area contributed by atoms with E-state index in [2.05, 4.69) is 0 Å². The maximum atomic E-state index is 14.7. The van der Waals surface area contributed by atoms with Crippen molar-refractivity contribution in [3.05, 3.63) is 178 Å². The molecule has 10 heteroatoms. The lowest BCUT2D eigenvalue weighted by Crippen LogP contribution is -2.52. The van der Waals surface area contributed by atoms with Gasteiger partial charge in [-0.2, -0.15) is 0 Å². The number of benzene rings is 5. The fraction of sp³-hybridized carbons (Fsp3) is 0.133. The van der Waals surface area contributed by atoms with Gasteiger partial charge in [0.25, 0.3) is 0 Å². The Balaban J connectivity index is 1.40. The van der Waals surface area contributed by atoms with Crippen LogP contribution >= 0.6 is 11.3 Å². The lowest BCUT2D eigenvalue weighted by molar-refractivity contribution is -0.147. The molecule has 0 saturated carbocycles. The molecule has 1 aliphatic rings. The predicted octanol–water partition coefficient (Wildman–Crippen LogP) is 8.30. The van der Waals surface area contributed by atoms with Crippen molar-refractivity contribution in [2.24, 2.45) is 5.92 Å². The fourth-order valence-corrected chi connectivity index (χ4v) is 8.88. The van der Waals surface area contributed by atoms with E-state index in [1.807, 2.05) is 115 Å². The van der Waals surface area contributed by atoms with E-state index in [0.717, 1.165) is 22.5 Å². The molecule has 0 amide bonds. The lowest BCUT2D eigenvalue weighted by Gasteiger charge is -2.43. The van der Waals surface area contributed by atoms with E-state index in [1.165, 1.54) is 20.3 Å². The fourth-order valence-electron chi connectivity index (χ4n) is 7.73. The van der Waals surface area contributed by atoms with Crippen LogP contribution in [0.4, 0.5) is 5.13 Å². The van der Waals surface area contributed by atoms with Crippen molar-refractivity contribution in [1.29, 1.82) is 0 Å². The summed E-state index contributed by atoms with van der Waals surface area (Å²) in [5.41, 5.74) is 2.36. The van der Waals surface area contributed by atoms with E-state index in [-0.39, 0.29) is 22.0 Å². The van der Waals surface area contributed by atoms with Gasteiger partial charge in [-0.25, -0.2) is 14.6 Å². The van der Waals surface area contributed by atoms with Crippen LogP contribution in [0.25, 0.3) is 33.4 Å². The molecule has 2 aromatic heterocycles. The number of carbonyl (C=O) groups is 3. The first-order valence-electron chi connectivity index (χ1n) is 17.7. The van der Waals surface area contributed by atoms with E-state index in [9.17, 15) is 19.2 Å². The van der Waals surface area contributed by atoms with Gasteiger partial charge in [-0.15, -0.1) is 0 Å². The van der Waals surface area contributed by atoms with E-state index in [0.29, 0.717) is 33.4 Å². The second kappa shape index (κ2) is 14.6. The van der Waals surface area contributed by atoms with Gasteiger partial charge in [0.1, 0.15) is 27.6 Å². The molecule has 1 fully saturated rings.